The molecule has 1 heterocycles. The Hall–Kier alpha value is -2.24. The number of fused-ring (bicyclic) bond motifs is 1. The summed E-state index contributed by atoms with van der Waals surface area (Å²) in [7, 11) is 0. The number of nitrogen functional groups attached to an aromatic ring is 1. The Morgan fingerprint density at radius 3 is 3.06 bits per heavy atom. The van der Waals surface area contributed by atoms with E-state index in [0.717, 1.165) is 12.8 Å². The zero-order chi connectivity index (χ0) is 12.5. The average Bonchev–Trinajstić information content (AvgIpc) is 3.04. The van der Waals surface area contributed by atoms with Crippen molar-refractivity contribution in [2.75, 3.05) is 17.6 Å². The van der Waals surface area contributed by atoms with Gasteiger partial charge in [0.15, 0.2) is 5.58 Å². The summed E-state index contributed by atoms with van der Waals surface area (Å²) in [6.45, 7) is 0.156. The molecule has 1 aromatic carbocycles. The third-order valence-electron chi connectivity index (χ3n) is 2.79. The van der Waals surface area contributed by atoms with Gasteiger partial charge in [-0.15, -0.1) is 0 Å². The number of aromatic nitrogens is 1. The summed E-state index contributed by atoms with van der Waals surface area (Å²) in [6, 6.07) is 6.02. The molecule has 3 rings (SSSR count). The van der Waals surface area contributed by atoms with Crippen molar-refractivity contribution in [3.8, 4) is 0 Å². The number of amides is 1. The number of hydrogen-bond donors (Lipinski definition) is 3. The van der Waals surface area contributed by atoms with E-state index in [-0.39, 0.29) is 12.5 Å². The maximum Gasteiger partial charge on any atom is 0.296 e. The summed E-state index contributed by atoms with van der Waals surface area (Å²) in [5.41, 5.74) is 7.56. The van der Waals surface area contributed by atoms with E-state index >= 15 is 0 Å². The molecule has 94 valence electrons. The predicted octanol–water partition coefficient (Wildman–Crippen LogP) is 1.10. The van der Waals surface area contributed by atoms with Gasteiger partial charge in [-0.2, -0.15) is 4.98 Å². The SMILES string of the molecule is Nc1cccc2oc(NCC(=O)NC3CC3)nc12. The Balaban J connectivity index is 1.66. The highest BCUT2D eigenvalue weighted by Gasteiger charge is 2.23. The number of para-hydroxylation sites is 1. The normalized spacial score (nSPS) is 14.7. The van der Waals surface area contributed by atoms with Crippen molar-refractivity contribution in [2.24, 2.45) is 0 Å². The fourth-order valence-corrected chi connectivity index (χ4v) is 1.71. The van der Waals surface area contributed by atoms with E-state index in [9.17, 15) is 4.79 Å². The molecule has 0 spiro atoms. The monoisotopic (exact) mass is 246 g/mol. The van der Waals surface area contributed by atoms with Gasteiger partial charge in [-0.1, -0.05) is 6.07 Å². The third kappa shape index (κ3) is 2.22. The number of nitrogens with two attached hydrogens (primary N) is 1. The lowest BCUT2D eigenvalue weighted by atomic mass is 10.3. The first-order valence-electron chi connectivity index (χ1n) is 5.90. The maximum atomic E-state index is 11.5. The lowest BCUT2D eigenvalue weighted by Crippen LogP contribution is -2.31. The Morgan fingerprint density at radius 2 is 2.33 bits per heavy atom. The standard InChI is InChI=1S/C12H14N4O2/c13-8-2-1-3-9-11(8)16-12(18-9)14-6-10(17)15-7-4-5-7/h1-3,7H,4-6,13H2,(H,14,16)(H,15,17). The van der Waals surface area contributed by atoms with E-state index in [4.69, 9.17) is 10.2 Å². The van der Waals surface area contributed by atoms with Crippen LogP contribution in [0.5, 0.6) is 0 Å². The van der Waals surface area contributed by atoms with Crippen LogP contribution < -0.4 is 16.4 Å². The van der Waals surface area contributed by atoms with Crippen molar-refractivity contribution in [1.82, 2.24) is 10.3 Å². The highest BCUT2D eigenvalue weighted by molar-refractivity contribution is 5.87. The highest BCUT2D eigenvalue weighted by atomic mass is 16.4. The molecule has 18 heavy (non-hydrogen) atoms. The molecule has 0 bridgehead atoms. The zero-order valence-electron chi connectivity index (χ0n) is 9.77. The first kappa shape index (κ1) is 10.9. The van der Waals surface area contributed by atoms with Crippen molar-refractivity contribution in [3.05, 3.63) is 18.2 Å². The molecular weight excluding hydrogens is 232 g/mol. The molecule has 0 saturated heterocycles. The molecule has 1 aliphatic carbocycles. The van der Waals surface area contributed by atoms with Crippen LogP contribution in [0.2, 0.25) is 0 Å². The largest absolute Gasteiger partial charge is 0.423 e. The van der Waals surface area contributed by atoms with Crippen LogP contribution >= 0.6 is 0 Å². The first-order valence-corrected chi connectivity index (χ1v) is 5.90. The Bertz CT molecular complexity index is 589. The second-order valence-corrected chi connectivity index (χ2v) is 4.41. The summed E-state index contributed by atoms with van der Waals surface area (Å²) < 4.78 is 5.44. The number of carbonyl (C=O) groups excluding carboxylic acids is 1. The molecule has 6 heteroatoms. The van der Waals surface area contributed by atoms with Crippen LogP contribution in [0.1, 0.15) is 12.8 Å². The van der Waals surface area contributed by atoms with Crippen LogP contribution in [0, 0.1) is 0 Å². The number of anilines is 2. The van der Waals surface area contributed by atoms with Crippen LogP contribution in [0.4, 0.5) is 11.7 Å². The number of nitrogens with one attached hydrogen (secondary N) is 2. The number of hydrogen-bond acceptors (Lipinski definition) is 5. The average molecular weight is 246 g/mol. The summed E-state index contributed by atoms with van der Waals surface area (Å²) in [5, 5.41) is 5.72. The van der Waals surface area contributed by atoms with Gasteiger partial charge in [0.2, 0.25) is 5.91 Å². The predicted molar refractivity (Wildman–Crippen MR) is 68.1 cm³/mol. The fraction of sp³-hybridized carbons (Fsp3) is 0.333. The van der Waals surface area contributed by atoms with Crippen LogP contribution in [-0.2, 0) is 4.79 Å². The number of carbonyl (C=O) groups is 1. The summed E-state index contributed by atoms with van der Waals surface area (Å²) in [5.74, 6) is -0.0484. The van der Waals surface area contributed by atoms with Crippen molar-refractivity contribution in [2.45, 2.75) is 18.9 Å². The van der Waals surface area contributed by atoms with E-state index in [1.165, 1.54) is 0 Å². The van der Waals surface area contributed by atoms with Gasteiger partial charge < -0.3 is 20.8 Å². The lowest BCUT2D eigenvalue weighted by molar-refractivity contribution is -0.119. The summed E-state index contributed by atoms with van der Waals surface area (Å²) >= 11 is 0. The molecular formula is C12H14N4O2. The van der Waals surface area contributed by atoms with E-state index in [2.05, 4.69) is 15.6 Å². The fourth-order valence-electron chi connectivity index (χ4n) is 1.71. The quantitative estimate of drug-likeness (QED) is 0.702. The minimum atomic E-state index is -0.0484. The second-order valence-electron chi connectivity index (χ2n) is 4.41. The van der Waals surface area contributed by atoms with Crippen LogP contribution in [0.25, 0.3) is 11.1 Å². The highest BCUT2D eigenvalue weighted by Crippen LogP contribution is 2.23. The molecule has 1 saturated carbocycles. The van der Waals surface area contributed by atoms with E-state index in [1.807, 2.05) is 0 Å². The Kier molecular flexibility index (Phi) is 2.55. The van der Waals surface area contributed by atoms with Gasteiger partial charge >= 0.3 is 0 Å². The number of nitrogens with zero attached hydrogens (tertiary/aromatic N) is 1. The minimum absolute atomic E-state index is 0.0484. The first-order chi connectivity index (χ1) is 8.72. The van der Waals surface area contributed by atoms with Gasteiger partial charge in [0.1, 0.15) is 5.52 Å². The molecule has 0 atom stereocenters. The molecule has 6 nitrogen and oxygen atoms in total. The zero-order valence-corrected chi connectivity index (χ0v) is 9.77. The number of oxazole rings is 1. The van der Waals surface area contributed by atoms with Gasteiger partial charge in [-0.3, -0.25) is 4.79 Å². The van der Waals surface area contributed by atoms with Gasteiger partial charge in [0, 0.05) is 6.04 Å². The van der Waals surface area contributed by atoms with Gasteiger partial charge in [-0.25, -0.2) is 0 Å². The molecule has 2 aromatic rings. The number of rotatable bonds is 4. The molecule has 1 aliphatic rings. The van der Waals surface area contributed by atoms with E-state index in [1.54, 1.807) is 18.2 Å². The van der Waals surface area contributed by atoms with Crippen molar-refractivity contribution in [1.29, 1.82) is 0 Å². The van der Waals surface area contributed by atoms with E-state index < -0.39 is 0 Å². The molecule has 1 fully saturated rings. The summed E-state index contributed by atoms with van der Waals surface area (Å²) in [6.07, 6.45) is 2.15. The van der Waals surface area contributed by atoms with Gasteiger partial charge in [0.25, 0.3) is 6.01 Å². The molecule has 0 aliphatic heterocycles. The third-order valence-corrected chi connectivity index (χ3v) is 2.79. The molecule has 0 unspecified atom stereocenters. The van der Waals surface area contributed by atoms with Crippen molar-refractivity contribution in [3.63, 3.8) is 0 Å². The number of benzene rings is 1. The lowest BCUT2D eigenvalue weighted by Gasteiger charge is -2.02. The van der Waals surface area contributed by atoms with Crippen molar-refractivity contribution >= 4 is 28.7 Å². The van der Waals surface area contributed by atoms with Crippen LogP contribution in [0.15, 0.2) is 22.6 Å². The smallest absolute Gasteiger partial charge is 0.296 e. The van der Waals surface area contributed by atoms with Gasteiger partial charge in [-0.05, 0) is 25.0 Å². The Morgan fingerprint density at radius 1 is 1.50 bits per heavy atom. The van der Waals surface area contributed by atoms with Crippen molar-refractivity contribution < 1.29 is 9.21 Å². The second kappa shape index (κ2) is 4.21. The molecule has 1 amide bonds. The molecule has 1 aromatic heterocycles. The van der Waals surface area contributed by atoms with Crippen LogP contribution in [-0.4, -0.2) is 23.5 Å². The molecule has 4 N–H and O–H groups in total. The summed E-state index contributed by atoms with van der Waals surface area (Å²) in [4.78, 5) is 15.7. The minimum Gasteiger partial charge on any atom is -0.423 e. The molecule has 0 radical (unpaired) electrons. The Labute approximate surface area is 104 Å². The van der Waals surface area contributed by atoms with E-state index in [0.29, 0.717) is 28.8 Å². The van der Waals surface area contributed by atoms with Gasteiger partial charge in [0.05, 0.1) is 12.2 Å². The topological polar surface area (TPSA) is 93.2 Å². The maximum absolute atomic E-state index is 11.5. The van der Waals surface area contributed by atoms with Crippen LogP contribution in [0.3, 0.4) is 0 Å².